The van der Waals surface area contributed by atoms with Crippen LogP contribution in [-0.2, 0) is 33.6 Å². The Morgan fingerprint density at radius 3 is 1.70 bits per heavy atom. The van der Waals surface area contributed by atoms with Crippen molar-refractivity contribution < 1.29 is 54.0 Å². The molecule has 0 spiro atoms. The first-order valence-electron chi connectivity index (χ1n) is 9.45. The third kappa shape index (κ3) is 11.4. The van der Waals surface area contributed by atoms with E-state index in [0.29, 0.717) is 0 Å². The number of carboxylic acids is 3. The average Bonchev–Trinajstić information content (AvgIpc) is 2.67. The summed E-state index contributed by atoms with van der Waals surface area (Å²) in [7, 11) is 0. The van der Waals surface area contributed by atoms with Gasteiger partial charge in [0.15, 0.2) is 6.04 Å². The van der Waals surface area contributed by atoms with Gasteiger partial charge in [0.2, 0.25) is 23.6 Å². The van der Waals surface area contributed by atoms with Crippen LogP contribution in [0.3, 0.4) is 0 Å². The molecule has 0 saturated heterocycles. The van der Waals surface area contributed by atoms with Crippen molar-refractivity contribution in [1.29, 1.82) is 0 Å². The second-order valence-corrected chi connectivity index (χ2v) is 6.99. The fourth-order valence-electron chi connectivity index (χ4n) is 2.40. The second-order valence-electron chi connectivity index (χ2n) is 6.99. The summed E-state index contributed by atoms with van der Waals surface area (Å²) in [6.45, 7) is 1.06. The van der Waals surface area contributed by atoms with Crippen molar-refractivity contribution in [1.82, 2.24) is 16.0 Å². The standard InChI is InChI=1S/C17H27N5O11/c1-6(23)13(17(32)33)22-16(31)8(4-10(19)24)21-15(30)9(5-12(27)28)20-14(29)7(18)2-3-11(25)26/h6-9,13,23H,2-5,18H2,1H3,(H2,19,24)(H,20,29)(H,21,30)(H,22,31)(H,25,26)(H,27,28)(H,32,33). The van der Waals surface area contributed by atoms with E-state index in [4.69, 9.17) is 26.8 Å². The highest BCUT2D eigenvalue weighted by Gasteiger charge is 2.33. The molecule has 0 aliphatic carbocycles. The van der Waals surface area contributed by atoms with Crippen LogP contribution >= 0.6 is 0 Å². The van der Waals surface area contributed by atoms with E-state index in [0.717, 1.165) is 6.92 Å². The van der Waals surface area contributed by atoms with E-state index >= 15 is 0 Å². The van der Waals surface area contributed by atoms with E-state index in [1.54, 1.807) is 0 Å². The number of aliphatic hydroxyl groups is 1. The maximum atomic E-state index is 12.5. The van der Waals surface area contributed by atoms with Gasteiger partial charge in [-0.15, -0.1) is 0 Å². The topological polar surface area (TPSA) is 289 Å². The van der Waals surface area contributed by atoms with E-state index in [1.165, 1.54) is 0 Å². The molecule has 0 heterocycles. The summed E-state index contributed by atoms with van der Waals surface area (Å²) in [5, 5.41) is 42.0. The first kappa shape index (κ1) is 29.2. The third-order valence-electron chi connectivity index (χ3n) is 4.10. The number of primary amides is 1. The Hall–Kier alpha value is -3.79. The monoisotopic (exact) mass is 477 g/mol. The molecule has 11 N–H and O–H groups in total. The van der Waals surface area contributed by atoms with Crippen LogP contribution in [0.25, 0.3) is 0 Å². The van der Waals surface area contributed by atoms with Gasteiger partial charge in [0.05, 0.1) is 25.0 Å². The molecular formula is C17H27N5O11. The van der Waals surface area contributed by atoms with Crippen LogP contribution < -0.4 is 27.4 Å². The molecule has 5 atom stereocenters. The number of nitrogens with one attached hydrogen (secondary N) is 3. The summed E-state index contributed by atoms with van der Waals surface area (Å²) < 4.78 is 0. The average molecular weight is 477 g/mol. The summed E-state index contributed by atoms with van der Waals surface area (Å²) in [6.07, 6.45) is -4.14. The molecule has 16 nitrogen and oxygen atoms in total. The number of carboxylic acid groups (broad SMARTS) is 3. The summed E-state index contributed by atoms with van der Waals surface area (Å²) in [4.78, 5) is 81.1. The quantitative estimate of drug-likeness (QED) is 0.108. The number of nitrogens with two attached hydrogens (primary N) is 2. The van der Waals surface area contributed by atoms with Gasteiger partial charge >= 0.3 is 17.9 Å². The van der Waals surface area contributed by atoms with Gasteiger partial charge in [-0.1, -0.05) is 0 Å². The van der Waals surface area contributed by atoms with Gasteiger partial charge in [0, 0.05) is 6.42 Å². The number of aliphatic carboxylic acids is 3. The molecular weight excluding hydrogens is 450 g/mol. The lowest BCUT2D eigenvalue weighted by molar-refractivity contribution is -0.146. The molecule has 0 aliphatic rings. The van der Waals surface area contributed by atoms with E-state index in [9.17, 15) is 38.7 Å². The van der Waals surface area contributed by atoms with Crippen molar-refractivity contribution in [3.05, 3.63) is 0 Å². The molecule has 0 aromatic heterocycles. The number of carbonyl (C=O) groups excluding carboxylic acids is 4. The van der Waals surface area contributed by atoms with Crippen molar-refractivity contribution in [2.75, 3.05) is 0 Å². The number of carbonyl (C=O) groups is 7. The minimum atomic E-state index is -1.80. The fourth-order valence-corrected chi connectivity index (χ4v) is 2.40. The number of hydrogen-bond donors (Lipinski definition) is 9. The van der Waals surface area contributed by atoms with Crippen LogP contribution in [0.5, 0.6) is 0 Å². The molecule has 4 amide bonds. The number of amides is 4. The molecule has 0 aromatic rings. The predicted octanol–water partition coefficient (Wildman–Crippen LogP) is -4.55. The largest absolute Gasteiger partial charge is 0.481 e. The van der Waals surface area contributed by atoms with E-state index in [1.807, 2.05) is 16.0 Å². The lowest BCUT2D eigenvalue weighted by Gasteiger charge is -2.24. The lowest BCUT2D eigenvalue weighted by atomic mass is 10.1. The van der Waals surface area contributed by atoms with Gasteiger partial charge in [-0.05, 0) is 13.3 Å². The summed E-state index contributed by atoms with van der Waals surface area (Å²) in [6, 6.07) is -6.76. The molecule has 5 unspecified atom stereocenters. The summed E-state index contributed by atoms with van der Waals surface area (Å²) in [5.41, 5.74) is 10.5. The number of aliphatic hydroxyl groups excluding tert-OH is 1. The summed E-state index contributed by atoms with van der Waals surface area (Å²) >= 11 is 0. The second kappa shape index (κ2) is 13.6. The molecule has 33 heavy (non-hydrogen) atoms. The van der Waals surface area contributed by atoms with Crippen LogP contribution in [0.2, 0.25) is 0 Å². The Kier molecular flexibility index (Phi) is 12.0. The summed E-state index contributed by atoms with van der Waals surface area (Å²) in [5.74, 6) is -9.01. The Balaban J connectivity index is 5.51. The van der Waals surface area contributed by atoms with Crippen molar-refractivity contribution in [3.63, 3.8) is 0 Å². The third-order valence-corrected chi connectivity index (χ3v) is 4.10. The first-order valence-corrected chi connectivity index (χ1v) is 9.45. The highest BCUT2D eigenvalue weighted by atomic mass is 16.4. The SMILES string of the molecule is CC(O)C(NC(=O)C(CC(N)=O)NC(=O)C(CC(=O)O)NC(=O)C(N)CCC(=O)O)C(=O)O. The first-order chi connectivity index (χ1) is 15.1. The Morgan fingerprint density at radius 2 is 1.27 bits per heavy atom. The van der Waals surface area contributed by atoms with Crippen molar-refractivity contribution >= 4 is 41.5 Å². The van der Waals surface area contributed by atoms with Crippen LogP contribution in [0.4, 0.5) is 0 Å². The molecule has 186 valence electrons. The molecule has 0 fully saturated rings. The van der Waals surface area contributed by atoms with Crippen LogP contribution in [0.1, 0.15) is 32.6 Å². The van der Waals surface area contributed by atoms with Crippen LogP contribution in [0.15, 0.2) is 0 Å². The van der Waals surface area contributed by atoms with Gasteiger partial charge in [-0.3, -0.25) is 28.8 Å². The molecule has 0 bridgehead atoms. The minimum Gasteiger partial charge on any atom is -0.481 e. The molecule has 0 aromatic carbocycles. The van der Waals surface area contributed by atoms with Crippen molar-refractivity contribution in [2.45, 2.75) is 62.9 Å². The van der Waals surface area contributed by atoms with Gasteiger partial charge in [-0.25, -0.2) is 4.79 Å². The highest BCUT2D eigenvalue weighted by Crippen LogP contribution is 2.02. The maximum absolute atomic E-state index is 12.5. The molecule has 0 radical (unpaired) electrons. The number of rotatable bonds is 15. The Bertz CT molecular complexity index is 785. The molecule has 0 saturated carbocycles. The fraction of sp³-hybridized carbons (Fsp3) is 0.588. The van der Waals surface area contributed by atoms with Crippen LogP contribution in [0, 0.1) is 0 Å². The van der Waals surface area contributed by atoms with Gasteiger partial charge in [0.1, 0.15) is 12.1 Å². The molecule has 0 rings (SSSR count). The normalized spacial score (nSPS) is 15.1. The lowest BCUT2D eigenvalue weighted by Crippen LogP contribution is -2.59. The predicted molar refractivity (Wildman–Crippen MR) is 106 cm³/mol. The van der Waals surface area contributed by atoms with Crippen molar-refractivity contribution in [3.8, 4) is 0 Å². The van der Waals surface area contributed by atoms with Gasteiger partial charge < -0.3 is 47.8 Å². The Labute approximate surface area is 186 Å². The van der Waals surface area contributed by atoms with Crippen molar-refractivity contribution in [2.24, 2.45) is 11.5 Å². The highest BCUT2D eigenvalue weighted by molar-refractivity contribution is 5.97. The van der Waals surface area contributed by atoms with E-state index < -0.39 is 91.1 Å². The zero-order valence-corrected chi connectivity index (χ0v) is 17.5. The zero-order valence-electron chi connectivity index (χ0n) is 17.5. The van der Waals surface area contributed by atoms with Gasteiger partial charge in [0.25, 0.3) is 0 Å². The van der Waals surface area contributed by atoms with Crippen LogP contribution in [-0.4, -0.2) is 92.2 Å². The maximum Gasteiger partial charge on any atom is 0.328 e. The molecule has 0 aliphatic heterocycles. The number of hydrogen-bond acceptors (Lipinski definition) is 9. The Morgan fingerprint density at radius 1 is 0.788 bits per heavy atom. The van der Waals surface area contributed by atoms with E-state index in [2.05, 4.69) is 0 Å². The zero-order chi connectivity index (χ0) is 25.9. The van der Waals surface area contributed by atoms with E-state index in [-0.39, 0.29) is 6.42 Å². The minimum absolute atomic E-state index is 0.314. The smallest absolute Gasteiger partial charge is 0.328 e. The van der Waals surface area contributed by atoms with Gasteiger partial charge in [-0.2, -0.15) is 0 Å². The molecule has 16 heteroatoms.